The van der Waals surface area contributed by atoms with Gasteiger partial charge in [-0.05, 0) is 24.6 Å². The second kappa shape index (κ2) is 3.98. The van der Waals surface area contributed by atoms with Crippen molar-refractivity contribution >= 4 is 16.6 Å². The summed E-state index contributed by atoms with van der Waals surface area (Å²) in [7, 11) is 0.754. The van der Waals surface area contributed by atoms with Gasteiger partial charge in [0.25, 0.3) is 0 Å². The largest absolute Gasteiger partial charge is 0.553 e. The summed E-state index contributed by atoms with van der Waals surface area (Å²) in [5, 5.41) is 0. The lowest BCUT2D eigenvalue weighted by molar-refractivity contribution is 0.616. The highest BCUT2D eigenvalue weighted by molar-refractivity contribution is 5.99. The zero-order valence-corrected chi connectivity index (χ0v) is 8.87. The number of rotatable bonds is 2. The lowest BCUT2D eigenvalue weighted by Gasteiger charge is -2.00. The van der Waals surface area contributed by atoms with E-state index in [9.17, 15) is 0 Å². The van der Waals surface area contributed by atoms with E-state index >= 15 is 0 Å². The fourth-order valence-electron chi connectivity index (χ4n) is 0.938. The standard InChI is InChI=1S/C9H12OSi/c1-2-4-8-5-3-6-9(7-8)10-11/h2-7H,1,11H3. The molecule has 0 saturated carbocycles. The van der Waals surface area contributed by atoms with Crippen LogP contribution in [0.2, 0.25) is 0 Å². The predicted octanol–water partition coefficient (Wildman–Crippen LogP) is 1.38. The maximum absolute atomic E-state index is 5.21. The molecule has 0 saturated heterocycles. The van der Waals surface area contributed by atoms with Gasteiger partial charge in [-0.2, -0.15) is 0 Å². The first-order valence-electron chi connectivity index (χ1n) is 3.63. The van der Waals surface area contributed by atoms with Crippen molar-refractivity contribution < 1.29 is 4.43 Å². The summed E-state index contributed by atoms with van der Waals surface area (Å²) in [6.07, 6.45) is 4.08. The molecular weight excluding hydrogens is 152 g/mol. The van der Waals surface area contributed by atoms with Crippen molar-refractivity contribution in [3.8, 4) is 5.75 Å². The average Bonchev–Trinajstić information content (AvgIpc) is 2.06. The van der Waals surface area contributed by atoms with Crippen molar-refractivity contribution in [2.75, 3.05) is 0 Å². The Balaban J connectivity index is 2.91. The summed E-state index contributed by atoms with van der Waals surface area (Å²) in [6, 6.07) is 8.07. The van der Waals surface area contributed by atoms with E-state index in [2.05, 4.69) is 12.1 Å². The summed E-state index contributed by atoms with van der Waals surface area (Å²) < 4.78 is 5.21. The Kier molecular flexibility index (Phi) is 2.92. The van der Waals surface area contributed by atoms with Crippen LogP contribution < -0.4 is 4.43 Å². The molecule has 2 heteroatoms. The van der Waals surface area contributed by atoms with Crippen LogP contribution in [-0.2, 0) is 0 Å². The van der Waals surface area contributed by atoms with E-state index in [-0.39, 0.29) is 0 Å². The van der Waals surface area contributed by atoms with Gasteiger partial charge in [0.15, 0.2) is 0 Å². The summed E-state index contributed by atoms with van der Waals surface area (Å²) in [4.78, 5) is 0. The van der Waals surface area contributed by atoms with Gasteiger partial charge in [0.05, 0.1) is 0 Å². The lowest BCUT2D eigenvalue weighted by Crippen LogP contribution is -1.84. The van der Waals surface area contributed by atoms with Gasteiger partial charge >= 0.3 is 0 Å². The van der Waals surface area contributed by atoms with Gasteiger partial charge in [-0.3, -0.25) is 0 Å². The van der Waals surface area contributed by atoms with Crippen molar-refractivity contribution in [3.05, 3.63) is 35.9 Å². The zero-order chi connectivity index (χ0) is 8.10. The second-order valence-electron chi connectivity index (χ2n) is 2.28. The Hall–Kier alpha value is -1.02. The van der Waals surface area contributed by atoms with E-state index in [0.717, 1.165) is 16.2 Å². The SMILES string of the molecule is CC=Cc1cccc(O[SiH3])c1. The van der Waals surface area contributed by atoms with Crippen LogP contribution in [-0.4, -0.2) is 10.5 Å². The van der Waals surface area contributed by atoms with E-state index in [1.165, 1.54) is 5.56 Å². The van der Waals surface area contributed by atoms with Gasteiger partial charge in [0.2, 0.25) is 10.5 Å². The fraction of sp³-hybridized carbons (Fsp3) is 0.111. The van der Waals surface area contributed by atoms with Gasteiger partial charge < -0.3 is 4.43 Å². The predicted molar refractivity (Wildman–Crippen MR) is 51.7 cm³/mol. The maximum Gasteiger partial charge on any atom is 0.204 e. The molecule has 1 rings (SSSR count). The van der Waals surface area contributed by atoms with Crippen molar-refractivity contribution in [2.24, 2.45) is 0 Å². The van der Waals surface area contributed by atoms with Crippen molar-refractivity contribution in [1.29, 1.82) is 0 Å². The minimum Gasteiger partial charge on any atom is -0.553 e. The molecule has 0 fully saturated rings. The molecule has 0 bridgehead atoms. The average molecular weight is 164 g/mol. The third-order valence-corrected chi connectivity index (χ3v) is 1.92. The molecule has 0 radical (unpaired) electrons. The molecule has 1 aromatic carbocycles. The first-order valence-corrected chi connectivity index (χ1v) is 4.45. The molecule has 0 aliphatic heterocycles. The highest BCUT2D eigenvalue weighted by Crippen LogP contribution is 2.12. The molecular formula is C9H12OSi. The van der Waals surface area contributed by atoms with Crippen LogP contribution in [0.5, 0.6) is 5.75 Å². The fourth-order valence-corrected chi connectivity index (χ4v) is 1.19. The second-order valence-corrected chi connectivity index (χ2v) is 2.68. The van der Waals surface area contributed by atoms with E-state index in [1.54, 1.807) is 0 Å². The Morgan fingerprint density at radius 2 is 2.27 bits per heavy atom. The number of hydrogen-bond donors (Lipinski definition) is 0. The summed E-state index contributed by atoms with van der Waals surface area (Å²) >= 11 is 0. The van der Waals surface area contributed by atoms with Crippen LogP contribution in [0.4, 0.5) is 0 Å². The molecule has 0 spiro atoms. The Morgan fingerprint density at radius 3 is 2.91 bits per heavy atom. The summed E-state index contributed by atoms with van der Waals surface area (Å²) in [5.41, 5.74) is 1.20. The molecule has 1 aromatic rings. The molecule has 11 heavy (non-hydrogen) atoms. The van der Waals surface area contributed by atoms with E-state index in [4.69, 9.17) is 4.43 Å². The van der Waals surface area contributed by atoms with Crippen molar-refractivity contribution in [2.45, 2.75) is 6.92 Å². The molecule has 0 unspecified atom stereocenters. The van der Waals surface area contributed by atoms with Crippen LogP contribution in [0.25, 0.3) is 6.08 Å². The minimum atomic E-state index is 0.754. The molecule has 0 aliphatic rings. The van der Waals surface area contributed by atoms with E-state index in [1.807, 2.05) is 31.2 Å². The van der Waals surface area contributed by atoms with Gasteiger partial charge in [-0.15, -0.1) is 0 Å². The van der Waals surface area contributed by atoms with Crippen molar-refractivity contribution in [1.82, 2.24) is 0 Å². The summed E-state index contributed by atoms with van der Waals surface area (Å²) in [5.74, 6) is 0.965. The molecule has 0 N–H and O–H groups in total. The van der Waals surface area contributed by atoms with E-state index in [0.29, 0.717) is 0 Å². The molecule has 1 nitrogen and oxygen atoms in total. The van der Waals surface area contributed by atoms with Gasteiger partial charge in [-0.1, -0.05) is 24.3 Å². The van der Waals surface area contributed by atoms with Gasteiger partial charge in [-0.25, -0.2) is 0 Å². The first kappa shape index (κ1) is 8.08. The van der Waals surface area contributed by atoms with Crippen LogP contribution in [0, 0.1) is 0 Å². The van der Waals surface area contributed by atoms with Crippen LogP contribution in [0.1, 0.15) is 12.5 Å². The zero-order valence-electron chi connectivity index (χ0n) is 6.87. The van der Waals surface area contributed by atoms with Crippen LogP contribution in [0.15, 0.2) is 30.3 Å². The molecule has 0 heterocycles. The Morgan fingerprint density at radius 1 is 1.45 bits per heavy atom. The monoisotopic (exact) mass is 164 g/mol. The Bertz CT molecular complexity index is 255. The smallest absolute Gasteiger partial charge is 0.204 e. The molecule has 0 atom stereocenters. The highest BCUT2D eigenvalue weighted by Gasteiger charge is 1.88. The third-order valence-electron chi connectivity index (χ3n) is 1.45. The normalized spacial score (nSPS) is 10.6. The first-order chi connectivity index (χ1) is 5.36. The number of allylic oxidation sites excluding steroid dienone is 1. The van der Waals surface area contributed by atoms with Gasteiger partial charge in [0.1, 0.15) is 5.75 Å². The number of benzene rings is 1. The van der Waals surface area contributed by atoms with Crippen molar-refractivity contribution in [3.63, 3.8) is 0 Å². The highest BCUT2D eigenvalue weighted by atomic mass is 28.2. The quantitative estimate of drug-likeness (QED) is 0.600. The minimum absolute atomic E-state index is 0.754. The topological polar surface area (TPSA) is 9.23 Å². The van der Waals surface area contributed by atoms with Crippen LogP contribution in [0.3, 0.4) is 0 Å². The molecule has 0 amide bonds. The third kappa shape index (κ3) is 2.24. The Labute approximate surface area is 70.2 Å². The van der Waals surface area contributed by atoms with Gasteiger partial charge in [0, 0.05) is 0 Å². The van der Waals surface area contributed by atoms with E-state index < -0.39 is 0 Å². The molecule has 0 aromatic heterocycles. The molecule has 58 valence electrons. The summed E-state index contributed by atoms with van der Waals surface area (Å²) in [6.45, 7) is 2.01. The van der Waals surface area contributed by atoms with Crippen LogP contribution >= 0.6 is 0 Å². The molecule has 0 aliphatic carbocycles. The maximum atomic E-state index is 5.21. The number of hydrogen-bond acceptors (Lipinski definition) is 1. The lowest BCUT2D eigenvalue weighted by atomic mass is 10.2.